The van der Waals surface area contributed by atoms with E-state index in [2.05, 4.69) is 5.32 Å². The van der Waals surface area contributed by atoms with Crippen LogP contribution in [0.2, 0.25) is 0 Å². The van der Waals surface area contributed by atoms with Crippen LogP contribution in [0, 0.1) is 5.82 Å². The Balaban J connectivity index is 1.57. The molecule has 3 nitrogen and oxygen atoms in total. The molecule has 1 N–H and O–H groups in total. The lowest BCUT2D eigenvalue weighted by Gasteiger charge is -2.11. The average Bonchev–Trinajstić information content (AvgIpc) is 2.98. The highest BCUT2D eigenvalue weighted by Crippen LogP contribution is 2.23. The van der Waals surface area contributed by atoms with Crippen LogP contribution in [-0.4, -0.2) is 5.91 Å². The molecule has 118 valence electrons. The van der Waals surface area contributed by atoms with Gasteiger partial charge in [0, 0.05) is 11.8 Å². The molecule has 1 heterocycles. The van der Waals surface area contributed by atoms with Crippen LogP contribution < -0.4 is 5.32 Å². The normalized spacial score (nSPS) is 12.3. The largest absolute Gasteiger partial charge is 0.459 e. The van der Waals surface area contributed by atoms with E-state index in [9.17, 15) is 9.18 Å². The molecule has 1 unspecified atom stereocenters. The second-order valence-corrected chi connectivity index (χ2v) is 5.60. The lowest BCUT2D eigenvalue weighted by Crippen LogP contribution is -2.26. The van der Waals surface area contributed by atoms with Crippen LogP contribution in [0.4, 0.5) is 4.39 Å². The van der Waals surface area contributed by atoms with E-state index in [1.165, 1.54) is 12.1 Å². The fourth-order valence-electron chi connectivity index (χ4n) is 2.51. The Morgan fingerprint density at radius 2 is 1.91 bits per heavy atom. The summed E-state index contributed by atoms with van der Waals surface area (Å²) in [6.45, 7) is 1.90. The van der Waals surface area contributed by atoms with Crippen LogP contribution in [0.25, 0.3) is 11.0 Å². The molecule has 0 saturated carbocycles. The van der Waals surface area contributed by atoms with Gasteiger partial charge in [0.25, 0.3) is 0 Å². The van der Waals surface area contributed by atoms with Crippen LogP contribution in [0.1, 0.15) is 30.7 Å². The van der Waals surface area contributed by atoms with Gasteiger partial charge in [0.1, 0.15) is 17.2 Å². The smallest absolute Gasteiger partial charge is 0.220 e. The molecule has 23 heavy (non-hydrogen) atoms. The molecule has 0 bridgehead atoms. The third-order valence-electron chi connectivity index (χ3n) is 3.80. The molecular weight excluding hydrogens is 293 g/mol. The lowest BCUT2D eigenvalue weighted by atomic mass is 10.1. The summed E-state index contributed by atoms with van der Waals surface area (Å²) in [5, 5.41) is 3.96. The zero-order chi connectivity index (χ0) is 16.2. The Bertz CT molecular complexity index is 775. The Morgan fingerprint density at radius 1 is 1.17 bits per heavy atom. The summed E-state index contributed by atoms with van der Waals surface area (Å²) in [6, 6.07) is 15.7. The van der Waals surface area contributed by atoms with Crippen molar-refractivity contribution in [3.05, 3.63) is 71.7 Å². The van der Waals surface area contributed by atoms with Gasteiger partial charge in [-0.05, 0) is 43.2 Å². The summed E-state index contributed by atoms with van der Waals surface area (Å²) in [5.74, 6) is 0.417. The fourth-order valence-corrected chi connectivity index (χ4v) is 2.51. The van der Waals surface area contributed by atoms with Gasteiger partial charge in [-0.1, -0.05) is 30.3 Å². The Hall–Kier alpha value is -2.62. The van der Waals surface area contributed by atoms with Crippen molar-refractivity contribution in [3.63, 3.8) is 0 Å². The molecule has 1 amide bonds. The molecule has 0 saturated heterocycles. The highest BCUT2D eigenvalue weighted by Gasteiger charge is 2.14. The van der Waals surface area contributed by atoms with Gasteiger partial charge in [-0.25, -0.2) is 4.39 Å². The summed E-state index contributed by atoms with van der Waals surface area (Å²) in [4.78, 5) is 12.1. The predicted molar refractivity (Wildman–Crippen MR) is 87.5 cm³/mol. The van der Waals surface area contributed by atoms with E-state index in [0.29, 0.717) is 12.8 Å². The number of furan rings is 1. The van der Waals surface area contributed by atoms with Crippen LogP contribution >= 0.6 is 0 Å². The second kappa shape index (κ2) is 6.65. The van der Waals surface area contributed by atoms with Gasteiger partial charge in [0.05, 0.1) is 6.04 Å². The molecular formula is C19H18FNO2. The third-order valence-corrected chi connectivity index (χ3v) is 3.80. The maximum Gasteiger partial charge on any atom is 0.220 e. The summed E-state index contributed by atoms with van der Waals surface area (Å²) < 4.78 is 18.6. The molecule has 0 aliphatic rings. The van der Waals surface area contributed by atoms with Gasteiger partial charge in [-0.3, -0.25) is 4.79 Å². The van der Waals surface area contributed by atoms with Gasteiger partial charge in [0.15, 0.2) is 0 Å². The number of rotatable bonds is 5. The van der Waals surface area contributed by atoms with E-state index in [0.717, 1.165) is 22.3 Å². The molecule has 3 aromatic rings. The van der Waals surface area contributed by atoms with E-state index in [1.807, 2.05) is 37.3 Å². The SMILES string of the molecule is CC(NC(=O)CCc1ccc(F)cc1)c1cc2ccccc2o1. The standard InChI is InChI=1S/C19H18FNO2/c1-13(18-12-15-4-2-3-5-17(15)23-18)21-19(22)11-8-14-6-9-16(20)10-7-14/h2-7,9-10,12-13H,8,11H2,1H3,(H,21,22). The Labute approximate surface area is 134 Å². The number of carbonyl (C=O) groups is 1. The molecule has 1 aromatic heterocycles. The number of benzene rings is 2. The van der Waals surface area contributed by atoms with Gasteiger partial charge in [-0.15, -0.1) is 0 Å². The fraction of sp³-hybridized carbons (Fsp3) is 0.211. The number of halogens is 1. The number of aryl methyl sites for hydroxylation is 1. The summed E-state index contributed by atoms with van der Waals surface area (Å²) in [7, 11) is 0. The van der Waals surface area contributed by atoms with Crippen LogP contribution in [0.3, 0.4) is 0 Å². The maximum absolute atomic E-state index is 12.8. The summed E-state index contributed by atoms with van der Waals surface area (Å²) >= 11 is 0. The minimum absolute atomic E-state index is 0.0534. The Kier molecular flexibility index (Phi) is 4.42. The first kappa shape index (κ1) is 15.3. The predicted octanol–water partition coefficient (Wildman–Crippen LogP) is 4.38. The highest BCUT2D eigenvalue weighted by molar-refractivity contribution is 5.79. The van der Waals surface area contributed by atoms with Crippen molar-refractivity contribution in [1.29, 1.82) is 0 Å². The lowest BCUT2D eigenvalue weighted by molar-refractivity contribution is -0.121. The molecule has 0 aliphatic carbocycles. The highest BCUT2D eigenvalue weighted by atomic mass is 19.1. The number of para-hydroxylation sites is 1. The molecule has 0 spiro atoms. The molecule has 0 aliphatic heterocycles. The van der Waals surface area contributed by atoms with Crippen molar-refractivity contribution in [1.82, 2.24) is 5.32 Å². The first-order valence-electron chi connectivity index (χ1n) is 7.64. The monoisotopic (exact) mass is 311 g/mol. The van der Waals surface area contributed by atoms with Crippen molar-refractivity contribution in [2.45, 2.75) is 25.8 Å². The number of hydrogen-bond acceptors (Lipinski definition) is 2. The van der Waals surface area contributed by atoms with Crippen molar-refractivity contribution in [2.24, 2.45) is 0 Å². The van der Waals surface area contributed by atoms with Crippen LogP contribution in [0.15, 0.2) is 59.0 Å². The minimum Gasteiger partial charge on any atom is -0.459 e. The second-order valence-electron chi connectivity index (χ2n) is 5.60. The quantitative estimate of drug-likeness (QED) is 0.759. The van der Waals surface area contributed by atoms with E-state index in [1.54, 1.807) is 12.1 Å². The van der Waals surface area contributed by atoms with E-state index < -0.39 is 0 Å². The van der Waals surface area contributed by atoms with Crippen molar-refractivity contribution >= 4 is 16.9 Å². The van der Waals surface area contributed by atoms with E-state index in [-0.39, 0.29) is 17.8 Å². The van der Waals surface area contributed by atoms with Gasteiger partial charge in [-0.2, -0.15) is 0 Å². The van der Waals surface area contributed by atoms with Gasteiger partial charge < -0.3 is 9.73 Å². The first-order valence-corrected chi connectivity index (χ1v) is 7.64. The topological polar surface area (TPSA) is 42.2 Å². The maximum atomic E-state index is 12.8. The minimum atomic E-state index is -0.267. The molecule has 3 rings (SSSR count). The molecule has 1 atom stereocenters. The number of amides is 1. The van der Waals surface area contributed by atoms with Crippen molar-refractivity contribution in [2.75, 3.05) is 0 Å². The molecule has 0 radical (unpaired) electrons. The summed E-state index contributed by atoms with van der Waals surface area (Å²) in [6.07, 6.45) is 0.940. The molecule has 0 fully saturated rings. The number of fused-ring (bicyclic) bond motifs is 1. The van der Waals surface area contributed by atoms with E-state index >= 15 is 0 Å². The Morgan fingerprint density at radius 3 is 2.65 bits per heavy atom. The average molecular weight is 311 g/mol. The first-order chi connectivity index (χ1) is 11.1. The zero-order valence-electron chi connectivity index (χ0n) is 12.9. The molecule has 2 aromatic carbocycles. The number of nitrogens with one attached hydrogen (secondary N) is 1. The summed E-state index contributed by atoms with van der Waals surface area (Å²) in [5.41, 5.74) is 1.76. The van der Waals surface area contributed by atoms with Gasteiger partial charge >= 0.3 is 0 Å². The van der Waals surface area contributed by atoms with E-state index in [4.69, 9.17) is 4.42 Å². The number of carbonyl (C=O) groups excluding carboxylic acids is 1. The van der Waals surface area contributed by atoms with Crippen molar-refractivity contribution in [3.8, 4) is 0 Å². The van der Waals surface area contributed by atoms with Crippen LogP contribution in [0.5, 0.6) is 0 Å². The number of hydrogen-bond donors (Lipinski definition) is 1. The van der Waals surface area contributed by atoms with Crippen molar-refractivity contribution < 1.29 is 13.6 Å². The van der Waals surface area contributed by atoms with Gasteiger partial charge in [0.2, 0.25) is 5.91 Å². The third kappa shape index (κ3) is 3.77. The zero-order valence-corrected chi connectivity index (χ0v) is 12.9. The van der Waals surface area contributed by atoms with Crippen LogP contribution in [-0.2, 0) is 11.2 Å². The molecule has 4 heteroatoms.